The van der Waals surface area contributed by atoms with Gasteiger partial charge in [0.2, 0.25) is 0 Å². The van der Waals surface area contributed by atoms with Crippen LogP contribution in [0.25, 0.3) is 0 Å². The van der Waals surface area contributed by atoms with Crippen molar-refractivity contribution in [2.24, 2.45) is 0 Å². The largest absolute Gasteiger partial charge is 0.493 e. The lowest BCUT2D eigenvalue weighted by atomic mass is 10.1. The van der Waals surface area contributed by atoms with Crippen LogP contribution in [0.15, 0.2) is 66.7 Å². The molecule has 0 radical (unpaired) electrons. The van der Waals surface area contributed by atoms with Gasteiger partial charge in [0.15, 0.2) is 6.61 Å². The van der Waals surface area contributed by atoms with Crippen LogP contribution in [-0.2, 0) is 23.9 Å². The van der Waals surface area contributed by atoms with Crippen LogP contribution in [0.4, 0.5) is 18.9 Å². The molecular weight excluding hydrogens is 463 g/mol. The third kappa shape index (κ3) is 5.74. The first-order chi connectivity index (χ1) is 16.7. The van der Waals surface area contributed by atoms with Gasteiger partial charge in [0, 0.05) is 16.8 Å². The number of carboxylic acid groups (broad SMARTS) is 1. The van der Waals surface area contributed by atoms with E-state index < -0.39 is 24.3 Å². The number of rotatable bonds is 9. The normalized spacial score (nSPS) is 13.0. The number of hydrogen-bond acceptors (Lipinski definition) is 4. The van der Waals surface area contributed by atoms with Gasteiger partial charge in [-0.2, -0.15) is 13.2 Å². The zero-order valence-corrected chi connectivity index (χ0v) is 18.5. The van der Waals surface area contributed by atoms with Crippen molar-refractivity contribution in [3.05, 3.63) is 89.0 Å². The van der Waals surface area contributed by atoms with E-state index in [2.05, 4.69) is 0 Å². The molecule has 1 N–H and O–H groups in total. The summed E-state index contributed by atoms with van der Waals surface area (Å²) in [6.45, 7) is 0.225. The quantitative estimate of drug-likeness (QED) is 0.414. The number of nitrogens with zero attached hydrogens (tertiary/aromatic N) is 1. The zero-order chi connectivity index (χ0) is 25.0. The fourth-order valence-corrected chi connectivity index (χ4v) is 3.83. The Balaban J connectivity index is 1.34. The molecule has 0 saturated carbocycles. The van der Waals surface area contributed by atoms with E-state index in [0.717, 1.165) is 24.1 Å². The van der Waals surface area contributed by atoms with Gasteiger partial charge >= 0.3 is 12.1 Å². The van der Waals surface area contributed by atoms with Crippen LogP contribution in [0.3, 0.4) is 0 Å². The summed E-state index contributed by atoms with van der Waals surface area (Å²) in [5, 5.41) is 8.65. The summed E-state index contributed by atoms with van der Waals surface area (Å²) in [7, 11) is 0. The summed E-state index contributed by atoms with van der Waals surface area (Å²) in [5.41, 5.74) is 1.84. The molecule has 6 nitrogen and oxygen atoms in total. The third-order valence-corrected chi connectivity index (χ3v) is 5.58. The molecule has 1 heterocycles. The Hall–Kier alpha value is -4.01. The minimum absolute atomic E-state index is 0.216. The van der Waals surface area contributed by atoms with Gasteiger partial charge in [-0.25, -0.2) is 4.79 Å². The molecule has 1 amide bonds. The van der Waals surface area contributed by atoms with E-state index >= 15 is 0 Å². The maximum Gasteiger partial charge on any atom is 0.416 e. The molecule has 0 fully saturated rings. The molecule has 0 bridgehead atoms. The van der Waals surface area contributed by atoms with E-state index in [1.165, 1.54) is 17.0 Å². The van der Waals surface area contributed by atoms with Crippen molar-refractivity contribution in [3.8, 4) is 11.5 Å². The number of alkyl halides is 3. The highest BCUT2D eigenvalue weighted by Crippen LogP contribution is 2.36. The van der Waals surface area contributed by atoms with Crippen LogP contribution in [0.5, 0.6) is 11.5 Å². The van der Waals surface area contributed by atoms with Gasteiger partial charge in [-0.1, -0.05) is 18.2 Å². The first-order valence-corrected chi connectivity index (χ1v) is 10.9. The number of amides is 1. The summed E-state index contributed by atoms with van der Waals surface area (Å²) >= 11 is 0. The second-order valence-corrected chi connectivity index (χ2v) is 8.00. The number of carbonyl (C=O) groups excluding carboxylic acids is 1. The Kier molecular flexibility index (Phi) is 6.95. The number of halogens is 3. The van der Waals surface area contributed by atoms with Gasteiger partial charge < -0.3 is 19.5 Å². The molecule has 3 aromatic rings. The maximum atomic E-state index is 12.9. The van der Waals surface area contributed by atoms with Crippen LogP contribution >= 0.6 is 0 Å². The van der Waals surface area contributed by atoms with Crippen LogP contribution in [-0.4, -0.2) is 30.2 Å². The van der Waals surface area contributed by atoms with Crippen molar-refractivity contribution in [1.82, 2.24) is 0 Å². The van der Waals surface area contributed by atoms with E-state index in [1.807, 2.05) is 12.1 Å². The van der Waals surface area contributed by atoms with Crippen LogP contribution in [0, 0.1) is 0 Å². The Labute approximate surface area is 199 Å². The second kappa shape index (κ2) is 10.1. The standard InChI is InChI=1S/C26H22F3NO5/c27-26(28,29)18-8-10-19(11-9-18)30-15-22-21(25(30)33)4-1-5-23(22)34-14-2-3-17-6-12-20(13-7-17)35-16-24(31)32/h1,4-13H,2-3,14-16H2,(H,31,32). The summed E-state index contributed by atoms with van der Waals surface area (Å²) in [6, 6.07) is 16.8. The van der Waals surface area contributed by atoms with Crippen molar-refractivity contribution in [2.45, 2.75) is 25.6 Å². The Morgan fingerprint density at radius 1 is 0.971 bits per heavy atom. The number of fused-ring (bicyclic) bond motifs is 1. The van der Waals surface area contributed by atoms with E-state index in [0.29, 0.717) is 41.3 Å². The first kappa shape index (κ1) is 24.1. The molecular formula is C26H22F3NO5. The van der Waals surface area contributed by atoms with Crippen LogP contribution < -0.4 is 14.4 Å². The molecule has 1 aliphatic rings. The van der Waals surface area contributed by atoms with Gasteiger partial charge in [-0.15, -0.1) is 0 Å². The van der Waals surface area contributed by atoms with Crippen molar-refractivity contribution >= 4 is 17.6 Å². The van der Waals surface area contributed by atoms with E-state index in [9.17, 15) is 22.8 Å². The number of anilines is 1. The molecule has 9 heteroatoms. The first-order valence-electron chi connectivity index (χ1n) is 10.9. The topological polar surface area (TPSA) is 76.1 Å². The predicted octanol–water partition coefficient (Wildman–Crippen LogP) is 5.34. The molecule has 0 spiro atoms. The monoisotopic (exact) mass is 485 g/mol. The van der Waals surface area contributed by atoms with Crippen molar-refractivity contribution in [2.75, 3.05) is 18.1 Å². The molecule has 182 valence electrons. The number of carboxylic acids is 1. The molecule has 35 heavy (non-hydrogen) atoms. The minimum atomic E-state index is -4.44. The molecule has 0 aliphatic carbocycles. The molecule has 4 rings (SSSR count). The van der Waals surface area contributed by atoms with Crippen LogP contribution in [0.1, 0.15) is 33.5 Å². The van der Waals surface area contributed by atoms with Gasteiger partial charge in [0.25, 0.3) is 5.91 Å². The number of aryl methyl sites for hydroxylation is 1. The van der Waals surface area contributed by atoms with E-state index in [-0.39, 0.29) is 12.5 Å². The highest BCUT2D eigenvalue weighted by Gasteiger charge is 2.33. The fraction of sp³-hybridized carbons (Fsp3) is 0.231. The number of hydrogen-bond donors (Lipinski definition) is 1. The molecule has 0 unspecified atom stereocenters. The summed E-state index contributed by atoms with van der Waals surface area (Å²) in [4.78, 5) is 24.9. The second-order valence-electron chi connectivity index (χ2n) is 8.00. The van der Waals surface area contributed by atoms with Crippen molar-refractivity contribution in [1.29, 1.82) is 0 Å². The van der Waals surface area contributed by atoms with Gasteiger partial charge in [-0.3, -0.25) is 4.79 Å². The SMILES string of the molecule is O=C(O)COc1ccc(CCCOc2cccc3c2CN(c2ccc(C(F)(F)F)cc2)C3=O)cc1. The maximum absolute atomic E-state index is 12.9. The average molecular weight is 485 g/mol. The Morgan fingerprint density at radius 2 is 1.69 bits per heavy atom. The molecule has 3 aromatic carbocycles. The highest BCUT2D eigenvalue weighted by atomic mass is 19.4. The predicted molar refractivity (Wildman–Crippen MR) is 122 cm³/mol. The zero-order valence-electron chi connectivity index (χ0n) is 18.5. The van der Waals surface area contributed by atoms with Gasteiger partial charge in [-0.05, 0) is 66.9 Å². The molecule has 1 aliphatic heterocycles. The average Bonchev–Trinajstić information content (AvgIpc) is 3.18. The van der Waals surface area contributed by atoms with Gasteiger partial charge in [0.1, 0.15) is 11.5 Å². The Bertz CT molecular complexity index is 1210. The lowest BCUT2D eigenvalue weighted by Gasteiger charge is -2.17. The van der Waals surface area contributed by atoms with E-state index in [4.69, 9.17) is 14.6 Å². The summed E-state index contributed by atoms with van der Waals surface area (Å²) < 4.78 is 49.6. The van der Waals surface area contributed by atoms with Crippen molar-refractivity contribution in [3.63, 3.8) is 0 Å². The molecule has 0 aromatic heterocycles. The lowest BCUT2D eigenvalue weighted by Crippen LogP contribution is -2.23. The number of aliphatic carboxylic acids is 1. The highest BCUT2D eigenvalue weighted by molar-refractivity contribution is 6.10. The molecule has 0 saturated heterocycles. The third-order valence-electron chi connectivity index (χ3n) is 5.58. The fourth-order valence-electron chi connectivity index (χ4n) is 3.83. The van der Waals surface area contributed by atoms with E-state index in [1.54, 1.807) is 30.3 Å². The number of ether oxygens (including phenoxy) is 2. The Morgan fingerprint density at radius 3 is 2.34 bits per heavy atom. The molecule has 0 atom stereocenters. The minimum Gasteiger partial charge on any atom is -0.493 e. The number of benzene rings is 3. The lowest BCUT2D eigenvalue weighted by molar-refractivity contribution is -0.139. The number of carbonyl (C=O) groups is 2. The van der Waals surface area contributed by atoms with Crippen LogP contribution in [0.2, 0.25) is 0 Å². The summed E-state index contributed by atoms with van der Waals surface area (Å²) in [5.74, 6) is -0.268. The summed E-state index contributed by atoms with van der Waals surface area (Å²) in [6.07, 6.45) is -3.01. The smallest absolute Gasteiger partial charge is 0.416 e. The van der Waals surface area contributed by atoms with Crippen molar-refractivity contribution < 1.29 is 37.3 Å². The van der Waals surface area contributed by atoms with Gasteiger partial charge in [0.05, 0.1) is 18.7 Å².